The van der Waals surface area contributed by atoms with Gasteiger partial charge in [-0.1, -0.05) is 42.5 Å². The molecule has 0 atom stereocenters. The van der Waals surface area contributed by atoms with Gasteiger partial charge in [-0.15, -0.1) is 0 Å². The number of anilines is 1. The number of carbonyl (C=O) groups is 3. The number of hydrogen-bond donors (Lipinski definition) is 5. The molecule has 1 aromatic heterocycles. The standard InChI is InChI=1S/C33H32N6O3.C2HF3O2/c40-32(37-38-33(41)34-26-14-16-28(17-15-26)42-27-6-2-1-3-7-27)25-12-10-23(11-13-25)22-39-20-18-24(19-21-39)31-35-29-8-4-5-9-30(29)36-31;3-2(4,5)1(6)7/h1-17,24H,18-22H2,(H,35,36)(H,37,40)(H2,34,38,41);(H,6,7). The molecule has 0 bridgehead atoms. The van der Waals surface area contributed by atoms with Crippen molar-refractivity contribution in [3.63, 3.8) is 0 Å². The number of halogens is 3. The maximum atomic E-state index is 12.6. The number of rotatable bonds is 7. The van der Waals surface area contributed by atoms with Crippen LogP contribution in [0.25, 0.3) is 11.0 Å². The van der Waals surface area contributed by atoms with Crippen LogP contribution in [0.2, 0.25) is 0 Å². The molecule has 2 heterocycles. The van der Waals surface area contributed by atoms with Crippen molar-refractivity contribution in [2.75, 3.05) is 18.4 Å². The van der Waals surface area contributed by atoms with Crippen molar-refractivity contribution in [2.45, 2.75) is 31.5 Å². The zero-order valence-corrected chi connectivity index (χ0v) is 26.0. The highest BCUT2D eigenvalue weighted by Crippen LogP contribution is 2.28. The topological polar surface area (TPSA) is 149 Å². The highest BCUT2D eigenvalue weighted by atomic mass is 19.4. The third-order valence-corrected chi connectivity index (χ3v) is 7.63. The summed E-state index contributed by atoms with van der Waals surface area (Å²) >= 11 is 0. The molecule has 0 spiro atoms. The number of nitrogens with zero attached hydrogens (tertiary/aromatic N) is 2. The Morgan fingerprint density at radius 1 is 0.837 bits per heavy atom. The molecule has 14 heteroatoms. The minimum absolute atomic E-state index is 0.394. The summed E-state index contributed by atoms with van der Waals surface area (Å²) in [7, 11) is 0. The number of fused-ring (bicyclic) bond motifs is 1. The Balaban J connectivity index is 0.000000606. The van der Waals surface area contributed by atoms with Gasteiger partial charge in [0, 0.05) is 23.7 Å². The number of likely N-dealkylation sites (tertiary alicyclic amines) is 1. The van der Waals surface area contributed by atoms with Gasteiger partial charge in [0.05, 0.1) is 11.0 Å². The molecule has 1 saturated heterocycles. The van der Waals surface area contributed by atoms with Crippen LogP contribution in [0, 0.1) is 0 Å². The molecule has 49 heavy (non-hydrogen) atoms. The van der Waals surface area contributed by atoms with Gasteiger partial charge in [0.15, 0.2) is 0 Å². The van der Waals surface area contributed by atoms with Crippen LogP contribution in [0.15, 0.2) is 103 Å². The number of aromatic amines is 1. The maximum Gasteiger partial charge on any atom is 0.490 e. The second kappa shape index (κ2) is 15.8. The number of carboxylic acids is 1. The van der Waals surface area contributed by atoms with Crippen molar-refractivity contribution in [3.05, 3.63) is 120 Å². The van der Waals surface area contributed by atoms with Crippen LogP contribution in [0.5, 0.6) is 11.5 Å². The molecule has 5 aromatic rings. The van der Waals surface area contributed by atoms with Crippen molar-refractivity contribution in [1.29, 1.82) is 0 Å². The number of piperidine rings is 1. The van der Waals surface area contributed by atoms with Crippen molar-refractivity contribution < 1.29 is 37.4 Å². The number of imidazole rings is 1. The maximum absolute atomic E-state index is 12.6. The number of amides is 3. The van der Waals surface area contributed by atoms with Crippen LogP contribution in [0.3, 0.4) is 0 Å². The Bertz CT molecular complexity index is 1820. The molecular formula is C35H33F3N6O5. The summed E-state index contributed by atoms with van der Waals surface area (Å²) in [6.07, 6.45) is -2.97. The number of carboxylic acid groups (broad SMARTS) is 1. The van der Waals surface area contributed by atoms with Crippen LogP contribution >= 0.6 is 0 Å². The molecule has 1 aliphatic rings. The van der Waals surface area contributed by atoms with E-state index < -0.39 is 24.1 Å². The van der Waals surface area contributed by atoms with Crippen LogP contribution < -0.4 is 20.9 Å². The average molecular weight is 675 g/mol. The first-order valence-electron chi connectivity index (χ1n) is 15.3. The summed E-state index contributed by atoms with van der Waals surface area (Å²) in [5.41, 5.74) is 9.12. The summed E-state index contributed by atoms with van der Waals surface area (Å²) in [6.45, 7) is 2.81. The van der Waals surface area contributed by atoms with E-state index in [4.69, 9.17) is 19.6 Å². The Hall–Kier alpha value is -5.89. The molecule has 0 saturated carbocycles. The molecule has 0 radical (unpaired) electrons. The number of aromatic nitrogens is 2. The quantitative estimate of drug-likeness (QED) is 0.119. The number of carbonyl (C=O) groups excluding carboxylic acids is 2. The summed E-state index contributed by atoms with van der Waals surface area (Å²) in [4.78, 5) is 44.4. The van der Waals surface area contributed by atoms with Crippen molar-refractivity contribution >= 4 is 34.6 Å². The van der Waals surface area contributed by atoms with E-state index in [9.17, 15) is 22.8 Å². The predicted octanol–water partition coefficient (Wildman–Crippen LogP) is 6.83. The lowest BCUT2D eigenvalue weighted by molar-refractivity contribution is -0.192. The van der Waals surface area contributed by atoms with Crippen LogP contribution in [0.4, 0.5) is 23.7 Å². The number of nitrogens with one attached hydrogen (secondary N) is 4. The van der Waals surface area contributed by atoms with E-state index in [0.29, 0.717) is 22.9 Å². The minimum Gasteiger partial charge on any atom is -0.475 e. The first kappa shape index (κ1) is 34.4. The van der Waals surface area contributed by atoms with Gasteiger partial charge in [0.25, 0.3) is 5.91 Å². The van der Waals surface area contributed by atoms with E-state index in [2.05, 4.69) is 32.1 Å². The number of H-pyrrole nitrogens is 1. The fourth-order valence-corrected chi connectivity index (χ4v) is 5.13. The molecule has 254 valence electrons. The van der Waals surface area contributed by atoms with Gasteiger partial charge in [-0.25, -0.2) is 20.0 Å². The van der Waals surface area contributed by atoms with E-state index in [0.717, 1.165) is 60.6 Å². The van der Waals surface area contributed by atoms with Gasteiger partial charge in [-0.05, 0) is 92.2 Å². The number of hydrazine groups is 1. The molecule has 11 nitrogen and oxygen atoms in total. The number of aliphatic carboxylic acids is 1. The number of urea groups is 1. The number of benzene rings is 4. The van der Waals surface area contributed by atoms with E-state index in [1.54, 1.807) is 36.4 Å². The molecule has 4 aromatic carbocycles. The van der Waals surface area contributed by atoms with Gasteiger partial charge in [0.1, 0.15) is 17.3 Å². The van der Waals surface area contributed by atoms with Gasteiger partial charge >= 0.3 is 18.2 Å². The fourth-order valence-electron chi connectivity index (χ4n) is 5.13. The molecule has 5 N–H and O–H groups in total. The predicted molar refractivity (Wildman–Crippen MR) is 176 cm³/mol. The Labute approximate surface area is 279 Å². The number of alkyl halides is 3. The monoisotopic (exact) mass is 674 g/mol. The molecule has 1 fully saturated rings. The first-order valence-corrected chi connectivity index (χ1v) is 15.3. The lowest BCUT2D eigenvalue weighted by Gasteiger charge is -2.31. The van der Waals surface area contributed by atoms with E-state index >= 15 is 0 Å². The molecule has 6 rings (SSSR count). The SMILES string of the molecule is O=C(NNC(=O)c1ccc(CN2CCC(c3nc4ccccc4[nH]3)CC2)cc1)Nc1ccc(Oc2ccccc2)cc1.O=C(O)C(F)(F)F. The third kappa shape index (κ3) is 10.0. The van der Waals surface area contributed by atoms with Gasteiger partial charge < -0.3 is 20.1 Å². The molecule has 0 aliphatic carbocycles. The summed E-state index contributed by atoms with van der Waals surface area (Å²) in [5.74, 6) is -0.248. The second-order valence-corrected chi connectivity index (χ2v) is 11.2. The fraction of sp³-hybridized carbons (Fsp3) is 0.200. The van der Waals surface area contributed by atoms with Gasteiger partial charge in [0.2, 0.25) is 0 Å². The molecule has 3 amide bonds. The summed E-state index contributed by atoms with van der Waals surface area (Å²) in [5, 5.41) is 9.81. The Kier molecular flexibility index (Phi) is 11.1. The smallest absolute Gasteiger partial charge is 0.475 e. The number of ether oxygens (including phenoxy) is 1. The Morgan fingerprint density at radius 2 is 1.45 bits per heavy atom. The van der Waals surface area contributed by atoms with Crippen LogP contribution in [-0.2, 0) is 11.3 Å². The van der Waals surface area contributed by atoms with E-state index in [-0.39, 0.29) is 0 Å². The van der Waals surface area contributed by atoms with Crippen LogP contribution in [-0.4, -0.2) is 57.1 Å². The number of para-hydroxylation sites is 3. The Morgan fingerprint density at radius 3 is 2.08 bits per heavy atom. The zero-order chi connectivity index (χ0) is 34.8. The highest BCUT2D eigenvalue weighted by molar-refractivity contribution is 5.97. The lowest BCUT2D eigenvalue weighted by atomic mass is 9.96. The van der Waals surface area contributed by atoms with E-state index in [1.165, 1.54) is 0 Å². The van der Waals surface area contributed by atoms with Gasteiger partial charge in [-0.2, -0.15) is 13.2 Å². The molecule has 0 unspecified atom stereocenters. The van der Waals surface area contributed by atoms with E-state index in [1.807, 2.05) is 60.7 Å². The first-order chi connectivity index (χ1) is 23.5. The summed E-state index contributed by atoms with van der Waals surface area (Å²) < 4.78 is 37.5. The van der Waals surface area contributed by atoms with Crippen molar-refractivity contribution in [3.8, 4) is 11.5 Å². The average Bonchev–Trinajstić information content (AvgIpc) is 3.54. The molecule has 1 aliphatic heterocycles. The van der Waals surface area contributed by atoms with Crippen molar-refractivity contribution in [1.82, 2.24) is 25.7 Å². The largest absolute Gasteiger partial charge is 0.490 e. The second-order valence-electron chi connectivity index (χ2n) is 11.2. The van der Waals surface area contributed by atoms with Crippen molar-refractivity contribution in [2.24, 2.45) is 0 Å². The third-order valence-electron chi connectivity index (χ3n) is 7.63. The van der Waals surface area contributed by atoms with Crippen LogP contribution in [0.1, 0.15) is 40.5 Å². The van der Waals surface area contributed by atoms with Gasteiger partial charge in [-0.3, -0.25) is 15.1 Å². The number of hydrogen-bond acceptors (Lipinski definition) is 6. The normalized spacial score (nSPS) is 13.5. The summed E-state index contributed by atoms with van der Waals surface area (Å²) in [6, 6.07) is 31.5. The minimum atomic E-state index is -5.08. The highest BCUT2D eigenvalue weighted by Gasteiger charge is 2.38. The molecular weight excluding hydrogens is 641 g/mol. The lowest BCUT2D eigenvalue weighted by Crippen LogP contribution is -2.43. The zero-order valence-electron chi connectivity index (χ0n) is 26.0.